The van der Waals surface area contributed by atoms with Crippen LogP contribution in [0.15, 0.2) is 4.99 Å². The predicted molar refractivity (Wildman–Crippen MR) is 52.6 cm³/mol. The third-order valence-corrected chi connectivity index (χ3v) is 3.30. The second-order valence-corrected chi connectivity index (χ2v) is 4.47. The van der Waals surface area contributed by atoms with Crippen molar-refractivity contribution in [3.05, 3.63) is 0 Å². The number of thioether (sulfide) groups is 1. The first kappa shape index (κ1) is 11.7. The molecule has 82 valence electrons. The third kappa shape index (κ3) is 3.77. The van der Waals surface area contributed by atoms with Crippen molar-refractivity contribution in [2.75, 3.05) is 12.3 Å². The Labute approximate surface area is 85.4 Å². The van der Waals surface area contributed by atoms with E-state index in [1.165, 1.54) is 11.8 Å². The normalized spacial score (nSPS) is 31.6. The number of amidine groups is 1. The Morgan fingerprint density at radius 3 is 2.64 bits per heavy atom. The molecule has 6 heteroatoms. The maximum Gasteiger partial charge on any atom is 0.408 e. The summed E-state index contributed by atoms with van der Waals surface area (Å²) in [6, 6.07) is 0.197. The van der Waals surface area contributed by atoms with Crippen LogP contribution in [0.25, 0.3) is 0 Å². The fourth-order valence-electron chi connectivity index (χ4n) is 0.986. The van der Waals surface area contributed by atoms with Crippen molar-refractivity contribution in [1.29, 1.82) is 0 Å². The Balaban J connectivity index is 2.46. The average Bonchev–Trinajstić information content (AvgIpc) is 2.06. The Bertz CT molecular complexity index is 227. The molecule has 0 radical (unpaired) electrons. The van der Waals surface area contributed by atoms with Crippen molar-refractivity contribution in [2.24, 2.45) is 10.9 Å². The monoisotopic (exact) mass is 226 g/mol. The summed E-state index contributed by atoms with van der Waals surface area (Å²) in [5.41, 5.74) is 0. The van der Waals surface area contributed by atoms with Crippen molar-refractivity contribution >= 4 is 16.9 Å². The molecule has 2 nitrogen and oxygen atoms in total. The maximum absolute atomic E-state index is 11.8. The van der Waals surface area contributed by atoms with Crippen molar-refractivity contribution in [3.63, 3.8) is 0 Å². The molecule has 1 N–H and O–H groups in total. The van der Waals surface area contributed by atoms with Gasteiger partial charge in [0.2, 0.25) is 0 Å². The largest absolute Gasteiger partial charge is 0.408 e. The van der Waals surface area contributed by atoms with Gasteiger partial charge >= 0.3 is 6.18 Å². The number of nitrogens with zero attached hydrogens (tertiary/aromatic N) is 1. The summed E-state index contributed by atoms with van der Waals surface area (Å²) in [6.07, 6.45) is -4.21. The van der Waals surface area contributed by atoms with Crippen LogP contribution in [0.2, 0.25) is 0 Å². The van der Waals surface area contributed by atoms with Gasteiger partial charge in [-0.3, -0.25) is 4.99 Å². The van der Waals surface area contributed by atoms with Gasteiger partial charge < -0.3 is 5.32 Å². The topological polar surface area (TPSA) is 24.4 Å². The first-order chi connectivity index (χ1) is 6.38. The van der Waals surface area contributed by atoms with E-state index in [2.05, 4.69) is 17.2 Å². The molecule has 1 fully saturated rings. The van der Waals surface area contributed by atoms with Crippen molar-refractivity contribution in [1.82, 2.24) is 5.32 Å². The minimum Gasteiger partial charge on any atom is -0.362 e. The Kier molecular flexibility index (Phi) is 3.69. The predicted octanol–water partition coefficient (Wildman–Crippen LogP) is 2.27. The highest BCUT2D eigenvalue weighted by Crippen LogP contribution is 2.21. The van der Waals surface area contributed by atoms with Crippen LogP contribution in [0.3, 0.4) is 0 Å². The van der Waals surface area contributed by atoms with Crippen LogP contribution >= 0.6 is 11.8 Å². The molecule has 0 spiro atoms. The molecule has 0 bridgehead atoms. The molecule has 0 aliphatic carbocycles. The highest BCUT2D eigenvalue weighted by molar-refractivity contribution is 8.13. The number of rotatable bonds is 1. The molecular formula is C8H13F3N2S. The summed E-state index contributed by atoms with van der Waals surface area (Å²) in [5.74, 6) is 1.29. The van der Waals surface area contributed by atoms with Crippen LogP contribution in [0, 0.1) is 5.92 Å². The van der Waals surface area contributed by atoms with Crippen LogP contribution in [0.1, 0.15) is 13.8 Å². The number of hydrogen-bond acceptors (Lipinski definition) is 2. The smallest absolute Gasteiger partial charge is 0.362 e. The van der Waals surface area contributed by atoms with Crippen LogP contribution < -0.4 is 5.32 Å². The fraction of sp³-hybridized carbons (Fsp3) is 0.875. The van der Waals surface area contributed by atoms with Crippen molar-refractivity contribution in [2.45, 2.75) is 26.1 Å². The summed E-state index contributed by atoms with van der Waals surface area (Å²) in [5, 5.41) is 3.36. The zero-order chi connectivity index (χ0) is 10.8. The Hall–Kier alpha value is -0.390. The van der Waals surface area contributed by atoms with Gasteiger partial charge in [-0.1, -0.05) is 18.7 Å². The summed E-state index contributed by atoms with van der Waals surface area (Å²) < 4.78 is 35.5. The molecule has 1 heterocycles. The fourth-order valence-corrected chi connectivity index (χ4v) is 2.12. The van der Waals surface area contributed by atoms with E-state index < -0.39 is 12.7 Å². The van der Waals surface area contributed by atoms with Crippen LogP contribution in [-0.2, 0) is 0 Å². The van der Waals surface area contributed by atoms with Crippen LogP contribution in [0.5, 0.6) is 0 Å². The number of hydrogen-bond donors (Lipinski definition) is 1. The minimum absolute atomic E-state index is 0.197. The molecule has 1 aliphatic heterocycles. The lowest BCUT2D eigenvalue weighted by Gasteiger charge is -2.28. The summed E-state index contributed by atoms with van der Waals surface area (Å²) in [6.45, 7) is 2.92. The summed E-state index contributed by atoms with van der Waals surface area (Å²) in [4.78, 5) is 3.48. The molecule has 1 rings (SSSR count). The molecule has 2 unspecified atom stereocenters. The lowest BCUT2D eigenvalue weighted by Crippen LogP contribution is -2.41. The van der Waals surface area contributed by atoms with Gasteiger partial charge in [-0.2, -0.15) is 13.2 Å². The summed E-state index contributed by atoms with van der Waals surface area (Å²) >= 11 is 1.35. The Morgan fingerprint density at radius 2 is 2.14 bits per heavy atom. The standard InChI is InChI=1S/C8H13F3N2S/c1-5-3-14-7(13-6(5)2)12-4-8(9,10)11/h5-6H,3-4H2,1-2H3,(H,12,13). The number of aliphatic imine (C=N–C) groups is 1. The zero-order valence-electron chi connectivity index (χ0n) is 8.06. The molecule has 2 atom stereocenters. The van der Waals surface area contributed by atoms with Gasteiger partial charge in [0.1, 0.15) is 6.54 Å². The van der Waals surface area contributed by atoms with E-state index in [0.29, 0.717) is 11.1 Å². The highest BCUT2D eigenvalue weighted by Gasteiger charge is 2.28. The molecule has 0 saturated carbocycles. The van der Waals surface area contributed by atoms with Gasteiger partial charge in [-0.25, -0.2) is 0 Å². The van der Waals surface area contributed by atoms with Gasteiger partial charge in [-0.05, 0) is 12.8 Å². The van der Waals surface area contributed by atoms with Crippen LogP contribution in [-0.4, -0.2) is 29.7 Å². The van der Waals surface area contributed by atoms with E-state index in [1.54, 1.807) is 0 Å². The van der Waals surface area contributed by atoms with Gasteiger partial charge in [0, 0.05) is 11.8 Å². The molecule has 0 aromatic heterocycles. The third-order valence-electron chi connectivity index (χ3n) is 2.09. The lowest BCUT2D eigenvalue weighted by atomic mass is 10.1. The van der Waals surface area contributed by atoms with Crippen molar-refractivity contribution < 1.29 is 13.2 Å². The van der Waals surface area contributed by atoms with E-state index in [9.17, 15) is 13.2 Å². The van der Waals surface area contributed by atoms with Gasteiger partial charge in [0.05, 0.1) is 0 Å². The quantitative estimate of drug-likeness (QED) is 0.741. The SMILES string of the molecule is CC1CSC(=NCC(F)(F)F)NC1C. The van der Waals surface area contributed by atoms with Gasteiger partial charge in [-0.15, -0.1) is 0 Å². The molecule has 1 aliphatic rings. The van der Waals surface area contributed by atoms with Gasteiger partial charge in [0.15, 0.2) is 5.17 Å². The first-order valence-corrected chi connectivity index (χ1v) is 5.37. The van der Waals surface area contributed by atoms with E-state index >= 15 is 0 Å². The van der Waals surface area contributed by atoms with Crippen molar-refractivity contribution in [3.8, 4) is 0 Å². The maximum atomic E-state index is 11.8. The van der Waals surface area contributed by atoms with E-state index in [-0.39, 0.29) is 6.04 Å². The van der Waals surface area contributed by atoms with E-state index in [1.807, 2.05) is 6.92 Å². The van der Waals surface area contributed by atoms with Crippen LogP contribution in [0.4, 0.5) is 13.2 Å². The molecule has 0 aromatic carbocycles. The highest BCUT2D eigenvalue weighted by atomic mass is 32.2. The van der Waals surface area contributed by atoms with E-state index in [0.717, 1.165) is 5.75 Å². The second-order valence-electron chi connectivity index (χ2n) is 3.46. The molecule has 0 aromatic rings. The average molecular weight is 226 g/mol. The second kappa shape index (κ2) is 4.42. The molecule has 1 saturated heterocycles. The molecule has 0 amide bonds. The molecular weight excluding hydrogens is 213 g/mol. The Morgan fingerprint density at radius 1 is 1.50 bits per heavy atom. The van der Waals surface area contributed by atoms with Gasteiger partial charge in [0.25, 0.3) is 0 Å². The first-order valence-electron chi connectivity index (χ1n) is 4.39. The van der Waals surface area contributed by atoms with E-state index in [4.69, 9.17) is 0 Å². The molecule has 14 heavy (non-hydrogen) atoms. The zero-order valence-corrected chi connectivity index (χ0v) is 8.87. The number of halogens is 3. The number of alkyl halides is 3. The number of nitrogens with one attached hydrogen (secondary N) is 1. The summed E-state index contributed by atoms with van der Waals surface area (Å²) in [7, 11) is 0. The lowest BCUT2D eigenvalue weighted by molar-refractivity contribution is -0.118. The minimum atomic E-state index is -4.21.